The topological polar surface area (TPSA) is 61.4 Å². The summed E-state index contributed by atoms with van der Waals surface area (Å²) in [5.41, 5.74) is 2.46. The largest absolute Gasteiger partial charge is 0.347 e. The van der Waals surface area contributed by atoms with E-state index in [1.165, 1.54) is 12.0 Å². The molecule has 1 unspecified atom stereocenters. The molecule has 3 rings (SSSR count). The zero-order valence-corrected chi connectivity index (χ0v) is 15.8. The van der Waals surface area contributed by atoms with E-state index in [9.17, 15) is 9.59 Å². The lowest BCUT2D eigenvalue weighted by Crippen LogP contribution is -2.51. The number of nitrogens with zero attached hydrogens (tertiary/aromatic N) is 1. The second-order valence-corrected chi connectivity index (χ2v) is 7.45. The number of carbonyl (C=O) groups excluding carboxylic acids is 2. The molecular formula is C21H31N3O2. The molecule has 1 aliphatic carbocycles. The van der Waals surface area contributed by atoms with Gasteiger partial charge in [0.1, 0.15) is 0 Å². The Morgan fingerprint density at radius 2 is 1.88 bits per heavy atom. The first-order valence-electron chi connectivity index (χ1n) is 10.1. The third-order valence-electron chi connectivity index (χ3n) is 5.73. The number of rotatable bonds is 5. The van der Waals surface area contributed by atoms with Crippen LogP contribution in [0.4, 0.5) is 0 Å². The average Bonchev–Trinajstić information content (AvgIpc) is 2.72. The number of amides is 2. The summed E-state index contributed by atoms with van der Waals surface area (Å²) in [6.07, 6.45) is 6.40. The van der Waals surface area contributed by atoms with Gasteiger partial charge in [0.25, 0.3) is 0 Å². The monoisotopic (exact) mass is 357 g/mol. The molecule has 1 aliphatic heterocycles. The van der Waals surface area contributed by atoms with Crippen molar-refractivity contribution in [3.63, 3.8) is 0 Å². The summed E-state index contributed by atoms with van der Waals surface area (Å²) >= 11 is 0. The minimum Gasteiger partial charge on any atom is -0.347 e. The Hall–Kier alpha value is -1.88. The van der Waals surface area contributed by atoms with E-state index >= 15 is 0 Å². The van der Waals surface area contributed by atoms with Gasteiger partial charge < -0.3 is 15.5 Å². The van der Waals surface area contributed by atoms with Crippen molar-refractivity contribution in [2.75, 3.05) is 26.2 Å². The molecule has 2 fully saturated rings. The quantitative estimate of drug-likeness (QED) is 0.851. The summed E-state index contributed by atoms with van der Waals surface area (Å²) in [5.74, 6) is 0.161. The van der Waals surface area contributed by atoms with Crippen LogP contribution in [0.3, 0.4) is 0 Å². The van der Waals surface area contributed by atoms with Crippen LogP contribution < -0.4 is 10.6 Å². The Bertz CT molecular complexity index is 608. The van der Waals surface area contributed by atoms with Crippen molar-refractivity contribution in [1.29, 1.82) is 0 Å². The third-order valence-corrected chi connectivity index (χ3v) is 5.73. The van der Waals surface area contributed by atoms with Crippen molar-refractivity contribution >= 4 is 11.8 Å². The number of benzene rings is 1. The first kappa shape index (κ1) is 18.9. The number of nitrogens with one attached hydrogen (secondary N) is 2. The molecule has 1 aromatic rings. The van der Waals surface area contributed by atoms with E-state index in [1.54, 1.807) is 0 Å². The van der Waals surface area contributed by atoms with Gasteiger partial charge in [0, 0.05) is 25.6 Å². The number of aryl methyl sites for hydroxylation is 1. The van der Waals surface area contributed by atoms with E-state index in [1.807, 2.05) is 4.90 Å². The van der Waals surface area contributed by atoms with Crippen LogP contribution in [-0.4, -0.2) is 42.9 Å². The third kappa shape index (κ3) is 4.64. The maximum atomic E-state index is 12.8. The molecule has 2 aliphatic rings. The Morgan fingerprint density at radius 3 is 2.58 bits per heavy atom. The molecule has 1 saturated heterocycles. The van der Waals surface area contributed by atoms with Crippen LogP contribution in [-0.2, 0) is 16.0 Å². The SMILES string of the molecule is CCc1ccc(C2CNCCN2C(=O)CNC(=O)C2CCCCC2)cc1. The van der Waals surface area contributed by atoms with Crippen LogP contribution >= 0.6 is 0 Å². The minimum atomic E-state index is 0.0141. The van der Waals surface area contributed by atoms with E-state index in [0.29, 0.717) is 6.54 Å². The van der Waals surface area contributed by atoms with Gasteiger partial charge in [-0.25, -0.2) is 0 Å². The van der Waals surface area contributed by atoms with Crippen molar-refractivity contribution < 1.29 is 9.59 Å². The number of carbonyl (C=O) groups is 2. The van der Waals surface area contributed by atoms with Gasteiger partial charge in [0.15, 0.2) is 0 Å². The van der Waals surface area contributed by atoms with E-state index in [2.05, 4.69) is 41.8 Å². The molecule has 5 heteroatoms. The first-order valence-corrected chi connectivity index (χ1v) is 10.1. The van der Waals surface area contributed by atoms with Crippen molar-refractivity contribution in [2.45, 2.75) is 51.5 Å². The van der Waals surface area contributed by atoms with Crippen LogP contribution in [0.25, 0.3) is 0 Å². The van der Waals surface area contributed by atoms with Crippen molar-refractivity contribution in [3.8, 4) is 0 Å². The highest BCUT2D eigenvalue weighted by atomic mass is 16.2. The van der Waals surface area contributed by atoms with E-state index in [4.69, 9.17) is 0 Å². The van der Waals surface area contributed by atoms with Crippen molar-refractivity contribution in [1.82, 2.24) is 15.5 Å². The highest BCUT2D eigenvalue weighted by Crippen LogP contribution is 2.24. The van der Waals surface area contributed by atoms with E-state index in [-0.39, 0.29) is 30.3 Å². The Kier molecular flexibility index (Phi) is 6.67. The van der Waals surface area contributed by atoms with Gasteiger partial charge in [0.05, 0.1) is 12.6 Å². The van der Waals surface area contributed by atoms with Gasteiger partial charge in [-0.3, -0.25) is 9.59 Å². The summed E-state index contributed by atoms with van der Waals surface area (Å²) in [6.45, 7) is 4.48. The summed E-state index contributed by atoms with van der Waals surface area (Å²) in [6, 6.07) is 8.55. The molecule has 0 radical (unpaired) electrons. The fourth-order valence-electron chi connectivity index (χ4n) is 4.05. The molecule has 2 N–H and O–H groups in total. The van der Waals surface area contributed by atoms with Gasteiger partial charge in [0.2, 0.25) is 11.8 Å². The highest BCUT2D eigenvalue weighted by molar-refractivity contribution is 5.86. The van der Waals surface area contributed by atoms with Gasteiger partial charge in [-0.1, -0.05) is 50.5 Å². The molecule has 1 atom stereocenters. The predicted molar refractivity (Wildman–Crippen MR) is 103 cm³/mol. The lowest BCUT2D eigenvalue weighted by Gasteiger charge is -2.37. The standard InChI is InChI=1S/C21H31N3O2/c1-2-16-8-10-17(11-9-16)19-14-22-12-13-24(19)20(25)15-23-21(26)18-6-4-3-5-7-18/h8-11,18-19,22H,2-7,12-15H2,1H3,(H,23,26). The predicted octanol–water partition coefficient (Wildman–Crippen LogP) is 2.42. The summed E-state index contributed by atoms with van der Waals surface area (Å²) < 4.78 is 0. The molecule has 1 heterocycles. The van der Waals surface area contributed by atoms with Gasteiger partial charge in [-0.05, 0) is 30.4 Å². The maximum absolute atomic E-state index is 12.8. The molecule has 5 nitrogen and oxygen atoms in total. The fourth-order valence-corrected chi connectivity index (χ4v) is 4.05. The summed E-state index contributed by atoms with van der Waals surface area (Å²) in [7, 11) is 0. The zero-order valence-electron chi connectivity index (χ0n) is 15.8. The maximum Gasteiger partial charge on any atom is 0.242 e. The zero-order chi connectivity index (χ0) is 18.4. The van der Waals surface area contributed by atoms with Gasteiger partial charge >= 0.3 is 0 Å². The fraction of sp³-hybridized carbons (Fsp3) is 0.619. The number of hydrogen-bond acceptors (Lipinski definition) is 3. The molecular weight excluding hydrogens is 326 g/mol. The van der Waals surface area contributed by atoms with E-state index in [0.717, 1.165) is 50.8 Å². The number of hydrogen-bond donors (Lipinski definition) is 2. The summed E-state index contributed by atoms with van der Waals surface area (Å²) in [4.78, 5) is 27.0. The molecule has 1 saturated carbocycles. The second kappa shape index (κ2) is 9.17. The average molecular weight is 357 g/mol. The first-order chi connectivity index (χ1) is 12.7. The Balaban J connectivity index is 1.59. The van der Waals surface area contributed by atoms with Crippen LogP contribution in [0.5, 0.6) is 0 Å². The molecule has 0 spiro atoms. The van der Waals surface area contributed by atoms with Crippen molar-refractivity contribution in [3.05, 3.63) is 35.4 Å². The Labute approximate surface area is 156 Å². The molecule has 0 bridgehead atoms. The van der Waals surface area contributed by atoms with Gasteiger partial charge in [-0.15, -0.1) is 0 Å². The second-order valence-electron chi connectivity index (χ2n) is 7.45. The van der Waals surface area contributed by atoms with Crippen LogP contribution in [0.15, 0.2) is 24.3 Å². The van der Waals surface area contributed by atoms with Crippen LogP contribution in [0, 0.1) is 5.92 Å². The minimum absolute atomic E-state index is 0.0141. The molecule has 2 amide bonds. The van der Waals surface area contributed by atoms with E-state index < -0.39 is 0 Å². The molecule has 1 aromatic carbocycles. The lowest BCUT2D eigenvalue weighted by atomic mass is 9.89. The summed E-state index contributed by atoms with van der Waals surface area (Å²) in [5, 5.41) is 6.27. The normalized spacial score (nSPS) is 21.4. The van der Waals surface area contributed by atoms with Crippen LogP contribution in [0.2, 0.25) is 0 Å². The molecule has 0 aromatic heterocycles. The van der Waals surface area contributed by atoms with Crippen molar-refractivity contribution in [2.24, 2.45) is 5.92 Å². The molecule has 142 valence electrons. The number of piperazine rings is 1. The highest BCUT2D eigenvalue weighted by Gasteiger charge is 2.28. The molecule has 26 heavy (non-hydrogen) atoms. The lowest BCUT2D eigenvalue weighted by molar-refractivity contribution is -0.136. The Morgan fingerprint density at radius 1 is 1.15 bits per heavy atom. The van der Waals surface area contributed by atoms with Gasteiger partial charge in [-0.2, -0.15) is 0 Å². The van der Waals surface area contributed by atoms with Crippen LogP contribution in [0.1, 0.15) is 56.2 Å². The smallest absolute Gasteiger partial charge is 0.242 e.